The zero-order chi connectivity index (χ0) is 15.2. The Morgan fingerprint density at radius 1 is 1.52 bits per heavy atom. The van der Waals surface area contributed by atoms with E-state index < -0.39 is 4.92 Å². The molecule has 0 saturated carbocycles. The van der Waals surface area contributed by atoms with Gasteiger partial charge in [0, 0.05) is 6.07 Å². The SMILES string of the molecule is CCCCOC(=O)CSc1nc2ccc([N+](=O)[O-])cc2o1. The molecule has 2 aromatic rings. The highest BCUT2D eigenvalue weighted by atomic mass is 32.2. The van der Waals surface area contributed by atoms with Crippen LogP contribution in [0.4, 0.5) is 5.69 Å². The number of thioether (sulfide) groups is 1. The molecule has 0 aliphatic rings. The first-order valence-corrected chi connectivity index (χ1v) is 7.42. The Balaban J connectivity index is 1.96. The Morgan fingerprint density at radius 3 is 3.05 bits per heavy atom. The van der Waals surface area contributed by atoms with Crippen LogP contribution in [0, 0.1) is 10.1 Å². The molecule has 0 N–H and O–H groups in total. The number of benzene rings is 1. The second kappa shape index (κ2) is 7.07. The van der Waals surface area contributed by atoms with E-state index in [1.807, 2.05) is 6.92 Å². The molecule has 1 heterocycles. The van der Waals surface area contributed by atoms with Crippen LogP contribution in [0.25, 0.3) is 11.1 Å². The van der Waals surface area contributed by atoms with Gasteiger partial charge in [0.05, 0.1) is 17.6 Å². The van der Waals surface area contributed by atoms with Crippen molar-refractivity contribution in [2.24, 2.45) is 0 Å². The normalized spacial score (nSPS) is 10.7. The minimum atomic E-state index is -0.500. The summed E-state index contributed by atoms with van der Waals surface area (Å²) in [6, 6.07) is 4.19. The number of nitro groups is 1. The number of carbonyl (C=O) groups is 1. The molecule has 0 amide bonds. The molecule has 0 radical (unpaired) electrons. The van der Waals surface area contributed by atoms with Crippen molar-refractivity contribution in [3.05, 3.63) is 28.3 Å². The summed E-state index contributed by atoms with van der Waals surface area (Å²) in [7, 11) is 0. The fraction of sp³-hybridized carbons (Fsp3) is 0.385. The molecule has 1 aromatic heterocycles. The monoisotopic (exact) mass is 310 g/mol. The standard InChI is InChI=1S/C13H14N2O5S/c1-2-3-6-19-12(16)8-21-13-14-10-5-4-9(15(17)18)7-11(10)20-13/h4-5,7H,2-3,6,8H2,1H3. The minimum Gasteiger partial charge on any atom is -0.465 e. The van der Waals surface area contributed by atoms with E-state index in [1.54, 1.807) is 0 Å². The van der Waals surface area contributed by atoms with Gasteiger partial charge in [-0.05, 0) is 12.5 Å². The van der Waals surface area contributed by atoms with Crippen LogP contribution in [0.2, 0.25) is 0 Å². The van der Waals surface area contributed by atoms with E-state index in [0.717, 1.165) is 24.6 Å². The number of unbranched alkanes of at least 4 members (excludes halogenated alkanes) is 1. The molecule has 1 aromatic carbocycles. The second-order valence-electron chi connectivity index (χ2n) is 4.25. The van der Waals surface area contributed by atoms with Crippen LogP contribution < -0.4 is 0 Å². The molecule has 2 rings (SSSR count). The third-order valence-corrected chi connectivity index (χ3v) is 3.44. The molecule has 7 nitrogen and oxygen atoms in total. The number of esters is 1. The summed E-state index contributed by atoms with van der Waals surface area (Å²) >= 11 is 1.10. The number of hydrogen-bond acceptors (Lipinski definition) is 7. The quantitative estimate of drug-likeness (QED) is 0.255. The summed E-state index contributed by atoms with van der Waals surface area (Å²) in [4.78, 5) is 25.8. The van der Waals surface area contributed by atoms with Crippen LogP contribution in [0.3, 0.4) is 0 Å². The number of hydrogen-bond donors (Lipinski definition) is 0. The summed E-state index contributed by atoms with van der Waals surface area (Å²) < 4.78 is 10.4. The predicted octanol–water partition coefficient (Wildman–Crippen LogP) is 3.17. The smallest absolute Gasteiger partial charge is 0.316 e. The van der Waals surface area contributed by atoms with Crippen LogP contribution in [0.1, 0.15) is 19.8 Å². The molecule has 0 fully saturated rings. The molecule has 8 heteroatoms. The molecule has 0 aliphatic heterocycles. The number of fused-ring (bicyclic) bond motifs is 1. The molecule has 21 heavy (non-hydrogen) atoms. The Labute approximate surface area is 124 Å². The average molecular weight is 310 g/mol. The highest BCUT2D eigenvalue weighted by Crippen LogP contribution is 2.26. The number of rotatable bonds is 7. The lowest BCUT2D eigenvalue weighted by Gasteiger charge is -2.01. The number of non-ortho nitro benzene ring substituents is 1. The molecular weight excluding hydrogens is 296 g/mol. The van der Waals surface area contributed by atoms with Gasteiger partial charge in [0.2, 0.25) is 0 Å². The van der Waals surface area contributed by atoms with E-state index in [1.165, 1.54) is 18.2 Å². The fourth-order valence-electron chi connectivity index (χ4n) is 1.56. The molecule has 0 saturated heterocycles. The van der Waals surface area contributed by atoms with Crippen molar-refractivity contribution < 1.29 is 18.9 Å². The van der Waals surface area contributed by atoms with Gasteiger partial charge in [0.25, 0.3) is 10.9 Å². The zero-order valence-electron chi connectivity index (χ0n) is 11.4. The van der Waals surface area contributed by atoms with Crippen LogP contribution in [0.5, 0.6) is 0 Å². The topological polar surface area (TPSA) is 95.5 Å². The number of aromatic nitrogens is 1. The van der Waals surface area contributed by atoms with Crippen molar-refractivity contribution in [1.29, 1.82) is 0 Å². The fourth-order valence-corrected chi connectivity index (χ4v) is 2.20. The van der Waals surface area contributed by atoms with Gasteiger partial charge in [0.15, 0.2) is 5.58 Å². The molecular formula is C13H14N2O5S. The number of carbonyl (C=O) groups excluding carboxylic acids is 1. The number of oxazole rings is 1. The Morgan fingerprint density at radius 2 is 2.33 bits per heavy atom. The molecule has 0 atom stereocenters. The first-order chi connectivity index (χ1) is 10.1. The lowest BCUT2D eigenvalue weighted by molar-refractivity contribution is -0.384. The third-order valence-electron chi connectivity index (χ3n) is 2.64. The number of ether oxygens (including phenoxy) is 1. The maximum Gasteiger partial charge on any atom is 0.316 e. The van der Waals surface area contributed by atoms with E-state index >= 15 is 0 Å². The molecule has 112 valence electrons. The molecule has 0 spiro atoms. The minimum absolute atomic E-state index is 0.0609. The van der Waals surface area contributed by atoms with Crippen LogP contribution in [-0.2, 0) is 9.53 Å². The van der Waals surface area contributed by atoms with Gasteiger partial charge in [-0.15, -0.1) is 0 Å². The van der Waals surface area contributed by atoms with E-state index in [0.29, 0.717) is 17.7 Å². The van der Waals surface area contributed by atoms with E-state index in [2.05, 4.69) is 4.98 Å². The van der Waals surface area contributed by atoms with Gasteiger partial charge < -0.3 is 9.15 Å². The van der Waals surface area contributed by atoms with Gasteiger partial charge in [-0.2, -0.15) is 0 Å². The van der Waals surface area contributed by atoms with Crippen molar-refractivity contribution in [3.8, 4) is 0 Å². The van der Waals surface area contributed by atoms with Gasteiger partial charge in [-0.1, -0.05) is 25.1 Å². The summed E-state index contributed by atoms with van der Waals surface area (Å²) in [5.41, 5.74) is 0.780. The van der Waals surface area contributed by atoms with Gasteiger partial charge >= 0.3 is 5.97 Å². The first-order valence-electron chi connectivity index (χ1n) is 6.43. The van der Waals surface area contributed by atoms with Crippen molar-refractivity contribution in [2.45, 2.75) is 25.0 Å². The van der Waals surface area contributed by atoms with Crippen LogP contribution in [0.15, 0.2) is 27.8 Å². The maximum absolute atomic E-state index is 11.4. The summed E-state index contributed by atoms with van der Waals surface area (Å²) in [5, 5.41) is 11.0. The van der Waals surface area contributed by atoms with Crippen molar-refractivity contribution in [3.63, 3.8) is 0 Å². The Hall–Kier alpha value is -2.09. The van der Waals surface area contributed by atoms with Crippen LogP contribution in [-0.4, -0.2) is 28.2 Å². The molecule has 0 bridgehead atoms. The summed E-state index contributed by atoms with van der Waals surface area (Å²) in [5.74, 6) is -0.236. The number of nitro benzene ring substituents is 1. The summed E-state index contributed by atoms with van der Waals surface area (Å²) in [6.07, 6.45) is 1.80. The maximum atomic E-state index is 11.4. The van der Waals surface area contributed by atoms with Crippen molar-refractivity contribution in [2.75, 3.05) is 12.4 Å². The largest absolute Gasteiger partial charge is 0.465 e. The highest BCUT2D eigenvalue weighted by molar-refractivity contribution is 7.99. The average Bonchev–Trinajstić information content (AvgIpc) is 2.87. The Bertz CT molecular complexity index is 655. The summed E-state index contributed by atoms with van der Waals surface area (Å²) in [6.45, 7) is 2.43. The lowest BCUT2D eigenvalue weighted by atomic mass is 10.3. The van der Waals surface area contributed by atoms with E-state index in [4.69, 9.17) is 9.15 Å². The first kappa shape index (κ1) is 15.3. The third kappa shape index (κ3) is 4.19. The Kier molecular flexibility index (Phi) is 5.15. The molecule has 0 unspecified atom stereocenters. The lowest BCUT2D eigenvalue weighted by Crippen LogP contribution is -2.08. The van der Waals surface area contributed by atoms with Crippen LogP contribution >= 0.6 is 11.8 Å². The highest BCUT2D eigenvalue weighted by Gasteiger charge is 2.13. The number of nitrogens with zero attached hydrogens (tertiary/aromatic N) is 2. The van der Waals surface area contributed by atoms with Gasteiger partial charge in [0.1, 0.15) is 11.3 Å². The van der Waals surface area contributed by atoms with Gasteiger partial charge in [-0.25, -0.2) is 4.98 Å². The van der Waals surface area contributed by atoms with E-state index in [9.17, 15) is 14.9 Å². The van der Waals surface area contributed by atoms with Gasteiger partial charge in [-0.3, -0.25) is 14.9 Å². The van der Waals surface area contributed by atoms with E-state index in [-0.39, 0.29) is 22.6 Å². The predicted molar refractivity (Wildman–Crippen MR) is 77.3 cm³/mol. The van der Waals surface area contributed by atoms with Crippen molar-refractivity contribution >= 4 is 34.5 Å². The molecule has 0 aliphatic carbocycles. The zero-order valence-corrected chi connectivity index (χ0v) is 12.2. The second-order valence-corrected chi connectivity index (χ2v) is 5.18. The van der Waals surface area contributed by atoms with Crippen molar-refractivity contribution in [1.82, 2.24) is 4.98 Å².